The third kappa shape index (κ3) is 5.72. The summed E-state index contributed by atoms with van der Waals surface area (Å²) in [5.41, 5.74) is 4.11. The second-order valence-electron chi connectivity index (χ2n) is 9.64. The standard InChI is InChI=1S/C33H28N2O6/c1-21-6-3-4-8-26(21)20-41-27-15-13-24(14-16-27)30(36)28-29(23-9-11-25(12-10-23)33(39)40-2)35(32(38)31(28)37)19-22-7-5-17-34-18-22/h3-18,29,36H,19-20H2,1-2H3/b30-28-. The number of aliphatic hydroxyl groups is 1. The summed E-state index contributed by atoms with van der Waals surface area (Å²) in [7, 11) is 1.29. The Bertz CT molecular complexity index is 1610. The van der Waals surface area contributed by atoms with Crippen LogP contribution in [0.4, 0.5) is 0 Å². The lowest BCUT2D eigenvalue weighted by atomic mass is 9.94. The zero-order chi connectivity index (χ0) is 28.9. The monoisotopic (exact) mass is 548 g/mol. The van der Waals surface area contributed by atoms with Crippen molar-refractivity contribution in [1.82, 2.24) is 9.88 Å². The van der Waals surface area contributed by atoms with Crippen molar-refractivity contribution < 1.29 is 29.0 Å². The van der Waals surface area contributed by atoms with Gasteiger partial charge < -0.3 is 19.5 Å². The van der Waals surface area contributed by atoms with Gasteiger partial charge in [0.1, 0.15) is 18.1 Å². The third-order valence-corrected chi connectivity index (χ3v) is 7.05. The van der Waals surface area contributed by atoms with Gasteiger partial charge in [0.25, 0.3) is 11.7 Å². The first-order valence-electron chi connectivity index (χ1n) is 13.0. The van der Waals surface area contributed by atoms with Crippen LogP contribution in [0.5, 0.6) is 5.75 Å². The number of likely N-dealkylation sites (tertiary alicyclic amines) is 1. The summed E-state index contributed by atoms with van der Waals surface area (Å²) < 4.78 is 10.7. The maximum Gasteiger partial charge on any atom is 0.337 e. The molecule has 5 rings (SSSR count). The molecule has 1 saturated heterocycles. The van der Waals surface area contributed by atoms with Crippen molar-refractivity contribution in [3.05, 3.63) is 136 Å². The predicted octanol–water partition coefficient (Wildman–Crippen LogP) is 5.38. The summed E-state index contributed by atoms with van der Waals surface area (Å²) in [4.78, 5) is 44.1. The number of carbonyl (C=O) groups is 3. The number of hydrogen-bond donors (Lipinski definition) is 1. The lowest BCUT2D eigenvalue weighted by molar-refractivity contribution is -0.140. The summed E-state index contributed by atoms with van der Waals surface area (Å²) >= 11 is 0. The number of benzene rings is 3. The summed E-state index contributed by atoms with van der Waals surface area (Å²) in [5, 5.41) is 11.4. The van der Waals surface area contributed by atoms with Crippen molar-refractivity contribution in [2.45, 2.75) is 26.1 Å². The summed E-state index contributed by atoms with van der Waals surface area (Å²) in [6.45, 7) is 2.51. The van der Waals surface area contributed by atoms with Gasteiger partial charge in [-0.1, -0.05) is 42.5 Å². The van der Waals surface area contributed by atoms with Crippen LogP contribution in [0.2, 0.25) is 0 Å². The molecule has 206 valence electrons. The number of ketones is 1. The van der Waals surface area contributed by atoms with Crippen molar-refractivity contribution in [3.63, 3.8) is 0 Å². The molecule has 0 aliphatic carbocycles. The van der Waals surface area contributed by atoms with E-state index in [2.05, 4.69) is 4.98 Å². The minimum absolute atomic E-state index is 0.0433. The van der Waals surface area contributed by atoms with E-state index in [1.54, 1.807) is 73.1 Å². The molecule has 0 radical (unpaired) electrons. The fraction of sp³-hybridized carbons (Fsp3) is 0.152. The molecule has 1 aliphatic heterocycles. The number of Topliss-reactive ketones (excluding diaryl/α,β-unsaturated/α-hetero) is 1. The number of pyridine rings is 1. The van der Waals surface area contributed by atoms with Crippen molar-refractivity contribution in [3.8, 4) is 5.75 Å². The Hall–Kier alpha value is -5.24. The number of rotatable bonds is 8. The fourth-order valence-corrected chi connectivity index (χ4v) is 4.79. The smallest absolute Gasteiger partial charge is 0.337 e. The number of carbonyl (C=O) groups excluding carboxylic acids is 3. The number of methoxy groups -OCH3 is 1. The summed E-state index contributed by atoms with van der Waals surface area (Å²) in [5.74, 6) is -1.75. The number of nitrogens with zero attached hydrogens (tertiary/aromatic N) is 2. The first kappa shape index (κ1) is 27.3. The molecular weight excluding hydrogens is 520 g/mol. The Labute approximate surface area is 237 Å². The van der Waals surface area contributed by atoms with Crippen LogP contribution < -0.4 is 4.74 Å². The highest BCUT2D eigenvalue weighted by atomic mass is 16.5. The van der Waals surface area contributed by atoms with E-state index in [4.69, 9.17) is 9.47 Å². The van der Waals surface area contributed by atoms with E-state index in [9.17, 15) is 19.5 Å². The molecule has 1 amide bonds. The Morgan fingerprint density at radius 2 is 1.63 bits per heavy atom. The topological polar surface area (TPSA) is 106 Å². The largest absolute Gasteiger partial charge is 0.507 e. The molecule has 0 saturated carbocycles. The van der Waals surface area contributed by atoms with E-state index in [1.807, 2.05) is 31.2 Å². The molecule has 1 aliphatic rings. The summed E-state index contributed by atoms with van der Waals surface area (Å²) in [6.07, 6.45) is 3.24. The van der Waals surface area contributed by atoms with Crippen LogP contribution in [-0.4, -0.2) is 39.8 Å². The number of ether oxygens (including phenoxy) is 2. The van der Waals surface area contributed by atoms with Crippen LogP contribution in [0, 0.1) is 6.92 Å². The molecule has 0 bridgehead atoms. The van der Waals surface area contributed by atoms with Crippen LogP contribution in [0.3, 0.4) is 0 Å². The summed E-state index contributed by atoms with van der Waals surface area (Å²) in [6, 6.07) is 23.7. The Morgan fingerprint density at radius 3 is 2.29 bits per heavy atom. The minimum atomic E-state index is -0.890. The van der Waals surface area contributed by atoms with Crippen LogP contribution in [0.1, 0.15) is 44.2 Å². The quantitative estimate of drug-likeness (QED) is 0.136. The molecule has 0 spiro atoms. The molecule has 1 aromatic heterocycles. The Morgan fingerprint density at radius 1 is 0.927 bits per heavy atom. The highest BCUT2D eigenvalue weighted by molar-refractivity contribution is 6.46. The third-order valence-electron chi connectivity index (χ3n) is 7.05. The number of aryl methyl sites for hydroxylation is 1. The highest BCUT2D eigenvalue weighted by Gasteiger charge is 2.46. The van der Waals surface area contributed by atoms with Crippen LogP contribution in [-0.2, 0) is 27.5 Å². The van der Waals surface area contributed by atoms with Gasteiger partial charge in [-0.05, 0) is 71.6 Å². The van der Waals surface area contributed by atoms with E-state index in [-0.39, 0.29) is 17.9 Å². The van der Waals surface area contributed by atoms with E-state index in [0.717, 1.165) is 16.7 Å². The molecule has 4 aromatic rings. The molecular formula is C33H28N2O6. The van der Waals surface area contributed by atoms with Gasteiger partial charge in [0, 0.05) is 24.5 Å². The van der Waals surface area contributed by atoms with Gasteiger partial charge in [-0.2, -0.15) is 0 Å². The predicted molar refractivity (Wildman–Crippen MR) is 152 cm³/mol. The second-order valence-corrected chi connectivity index (χ2v) is 9.64. The number of aromatic nitrogens is 1. The molecule has 8 heteroatoms. The molecule has 41 heavy (non-hydrogen) atoms. The lowest BCUT2D eigenvalue weighted by Gasteiger charge is -2.25. The van der Waals surface area contributed by atoms with Crippen molar-refractivity contribution >= 4 is 23.4 Å². The van der Waals surface area contributed by atoms with Crippen LogP contribution in [0.25, 0.3) is 5.76 Å². The number of amides is 1. The average molecular weight is 549 g/mol. The van der Waals surface area contributed by atoms with E-state index >= 15 is 0 Å². The van der Waals surface area contributed by atoms with Crippen molar-refractivity contribution in [2.24, 2.45) is 0 Å². The fourth-order valence-electron chi connectivity index (χ4n) is 4.79. The zero-order valence-electron chi connectivity index (χ0n) is 22.6. The lowest BCUT2D eigenvalue weighted by Crippen LogP contribution is -2.29. The number of esters is 1. The second kappa shape index (κ2) is 11.9. The number of hydrogen-bond acceptors (Lipinski definition) is 7. The van der Waals surface area contributed by atoms with Gasteiger partial charge in [-0.15, -0.1) is 0 Å². The number of aliphatic hydroxyl groups excluding tert-OH is 1. The van der Waals surface area contributed by atoms with Gasteiger partial charge in [0.05, 0.1) is 24.3 Å². The van der Waals surface area contributed by atoms with E-state index in [0.29, 0.717) is 29.0 Å². The molecule has 8 nitrogen and oxygen atoms in total. The molecule has 1 fully saturated rings. The van der Waals surface area contributed by atoms with E-state index in [1.165, 1.54) is 12.0 Å². The van der Waals surface area contributed by atoms with Crippen molar-refractivity contribution in [1.29, 1.82) is 0 Å². The van der Waals surface area contributed by atoms with Gasteiger partial charge >= 0.3 is 5.97 Å². The van der Waals surface area contributed by atoms with Crippen molar-refractivity contribution in [2.75, 3.05) is 7.11 Å². The van der Waals surface area contributed by atoms with Gasteiger partial charge in [-0.3, -0.25) is 14.6 Å². The van der Waals surface area contributed by atoms with Crippen LogP contribution >= 0.6 is 0 Å². The van der Waals surface area contributed by atoms with Gasteiger partial charge in [0.15, 0.2) is 0 Å². The van der Waals surface area contributed by atoms with Gasteiger partial charge in [-0.25, -0.2) is 4.79 Å². The molecule has 1 unspecified atom stereocenters. The SMILES string of the molecule is COC(=O)c1ccc(C2/C(=C(/O)c3ccc(OCc4ccccc4C)cc3)C(=O)C(=O)N2Cc2cccnc2)cc1. The first-order chi connectivity index (χ1) is 19.9. The van der Waals surface area contributed by atoms with E-state index < -0.39 is 23.7 Å². The van der Waals surface area contributed by atoms with Gasteiger partial charge in [0.2, 0.25) is 0 Å². The Kier molecular flexibility index (Phi) is 7.92. The molecule has 1 atom stereocenters. The minimum Gasteiger partial charge on any atom is -0.507 e. The maximum absolute atomic E-state index is 13.4. The zero-order valence-corrected chi connectivity index (χ0v) is 22.6. The highest BCUT2D eigenvalue weighted by Crippen LogP contribution is 2.40. The normalized spacial score (nSPS) is 16.0. The first-order valence-corrected chi connectivity index (χ1v) is 13.0. The Balaban J connectivity index is 1.49. The molecule has 2 heterocycles. The average Bonchev–Trinajstić information content (AvgIpc) is 3.25. The van der Waals surface area contributed by atoms with Crippen LogP contribution in [0.15, 0.2) is 103 Å². The maximum atomic E-state index is 13.4. The molecule has 3 aromatic carbocycles. The molecule has 1 N–H and O–H groups in total.